The van der Waals surface area contributed by atoms with Gasteiger partial charge in [0.15, 0.2) is 0 Å². The number of halogens is 2. The van der Waals surface area contributed by atoms with Crippen LogP contribution in [0.15, 0.2) is 78.0 Å². The predicted molar refractivity (Wildman–Crippen MR) is 158 cm³/mol. The Hall–Kier alpha value is -3.04. The predicted octanol–water partition coefficient (Wildman–Crippen LogP) is 6.15. The molecule has 214 valence electrons. The van der Waals surface area contributed by atoms with Crippen molar-refractivity contribution in [2.45, 2.75) is 33.7 Å². The maximum atomic E-state index is 11.9. The smallest absolute Gasteiger partial charge is 0.123 e. The fourth-order valence-corrected chi connectivity index (χ4v) is 3.79. The van der Waals surface area contributed by atoms with Crippen LogP contribution in [0.1, 0.15) is 31.9 Å². The van der Waals surface area contributed by atoms with Crippen molar-refractivity contribution in [3.63, 3.8) is 0 Å². The molecule has 1 aliphatic heterocycles. The molecule has 0 atom stereocenters. The number of anilines is 1. The van der Waals surface area contributed by atoms with Gasteiger partial charge in [0.2, 0.25) is 0 Å². The van der Waals surface area contributed by atoms with Gasteiger partial charge in [0.1, 0.15) is 24.7 Å². The number of ether oxygens (including phenoxy) is 1. The summed E-state index contributed by atoms with van der Waals surface area (Å²) in [5.41, 5.74) is 3.26. The SMILES string of the molecule is CC.CCc1ccc(CN=O)cc1.Fc1ccccc1.OCCOc1ccc(N2CCN(CO)CC2)c(Cl)c1. The van der Waals surface area contributed by atoms with E-state index in [9.17, 15) is 9.30 Å². The van der Waals surface area contributed by atoms with Gasteiger partial charge < -0.3 is 19.8 Å². The molecule has 1 saturated heterocycles. The van der Waals surface area contributed by atoms with Crippen molar-refractivity contribution >= 4 is 17.3 Å². The minimum Gasteiger partial charge on any atom is -0.491 e. The minimum atomic E-state index is -0.178. The Labute approximate surface area is 236 Å². The number of nitroso groups, excluding NO2 is 1. The van der Waals surface area contributed by atoms with Crippen LogP contribution in [0.5, 0.6) is 5.75 Å². The van der Waals surface area contributed by atoms with Gasteiger partial charge in [-0.25, -0.2) is 4.39 Å². The molecule has 0 aliphatic carbocycles. The molecule has 0 radical (unpaired) electrons. The summed E-state index contributed by atoms with van der Waals surface area (Å²) in [6.07, 6.45) is 1.04. The van der Waals surface area contributed by atoms with Crippen molar-refractivity contribution in [2.24, 2.45) is 5.18 Å². The van der Waals surface area contributed by atoms with E-state index in [1.54, 1.807) is 24.3 Å². The molecule has 0 saturated carbocycles. The number of hydrogen-bond donors (Lipinski definition) is 2. The lowest BCUT2D eigenvalue weighted by atomic mass is 10.1. The molecular weight excluding hydrogens is 521 g/mol. The van der Waals surface area contributed by atoms with Crippen LogP contribution in [0, 0.1) is 10.7 Å². The zero-order chi connectivity index (χ0) is 28.9. The first-order chi connectivity index (χ1) is 19.0. The maximum Gasteiger partial charge on any atom is 0.123 e. The average molecular weight is 562 g/mol. The van der Waals surface area contributed by atoms with Gasteiger partial charge in [0, 0.05) is 32.2 Å². The molecule has 2 N–H and O–H groups in total. The molecule has 9 heteroatoms. The quantitative estimate of drug-likeness (QED) is 0.321. The Bertz CT molecular complexity index is 1030. The minimum absolute atomic E-state index is 0.0114. The fraction of sp³-hybridized carbons (Fsp3) is 0.400. The summed E-state index contributed by atoms with van der Waals surface area (Å²) in [4.78, 5) is 14.1. The maximum absolute atomic E-state index is 11.9. The number of nitrogens with zero attached hydrogens (tertiary/aromatic N) is 3. The van der Waals surface area contributed by atoms with Crippen LogP contribution in [0.3, 0.4) is 0 Å². The topological polar surface area (TPSA) is 85.6 Å². The molecule has 1 aliphatic rings. The summed E-state index contributed by atoms with van der Waals surface area (Å²) in [6, 6.07) is 21.4. The van der Waals surface area contributed by atoms with Crippen LogP contribution in [0.2, 0.25) is 5.02 Å². The van der Waals surface area contributed by atoms with Crippen molar-refractivity contribution in [1.29, 1.82) is 0 Å². The van der Waals surface area contributed by atoms with Crippen LogP contribution < -0.4 is 9.64 Å². The lowest BCUT2D eigenvalue weighted by molar-refractivity contribution is 0.102. The number of aryl methyl sites for hydroxylation is 1. The first kappa shape index (κ1) is 34.0. The fourth-order valence-electron chi connectivity index (χ4n) is 3.50. The van der Waals surface area contributed by atoms with E-state index in [0.29, 0.717) is 10.8 Å². The highest BCUT2D eigenvalue weighted by molar-refractivity contribution is 6.33. The standard InChI is InChI=1S/C13H19ClN2O3.C9H11NO.C6H5F.C2H6/c14-12-9-11(19-8-7-17)1-2-13(12)16-5-3-15(10-18)4-6-16;1-2-8-3-5-9(6-4-8)7-10-11;7-6-4-2-1-3-5-6;1-2/h1-2,9,17-18H,3-8,10H2;3-6H,2,7H2,1H3;1-5H;1-2H3. The van der Waals surface area contributed by atoms with Crippen LogP contribution in [-0.4, -0.2) is 61.2 Å². The number of benzene rings is 3. The van der Waals surface area contributed by atoms with Gasteiger partial charge in [-0.1, -0.05) is 80.0 Å². The van der Waals surface area contributed by atoms with E-state index in [-0.39, 0.29) is 32.3 Å². The van der Waals surface area contributed by atoms with E-state index in [0.717, 1.165) is 43.9 Å². The molecule has 0 bridgehead atoms. The molecule has 0 unspecified atom stereocenters. The molecule has 3 aromatic rings. The van der Waals surface area contributed by atoms with Crippen molar-refractivity contribution < 1.29 is 19.3 Å². The van der Waals surface area contributed by atoms with E-state index < -0.39 is 0 Å². The molecule has 0 spiro atoms. The average Bonchev–Trinajstić information content (AvgIpc) is 2.99. The Kier molecular flexibility index (Phi) is 18.2. The summed E-state index contributed by atoms with van der Waals surface area (Å²) in [7, 11) is 0. The number of hydrogen-bond acceptors (Lipinski definition) is 7. The highest BCUT2D eigenvalue weighted by Crippen LogP contribution is 2.30. The highest BCUT2D eigenvalue weighted by Gasteiger charge is 2.18. The van der Waals surface area contributed by atoms with E-state index in [1.807, 2.05) is 55.1 Å². The third-order valence-electron chi connectivity index (χ3n) is 5.60. The molecule has 3 aromatic carbocycles. The Morgan fingerprint density at radius 1 is 0.923 bits per heavy atom. The molecule has 39 heavy (non-hydrogen) atoms. The van der Waals surface area contributed by atoms with Gasteiger partial charge >= 0.3 is 0 Å². The van der Waals surface area contributed by atoms with E-state index in [4.69, 9.17) is 26.6 Å². The second kappa shape index (κ2) is 20.9. The van der Waals surface area contributed by atoms with Gasteiger partial charge in [-0.3, -0.25) is 4.90 Å². The van der Waals surface area contributed by atoms with Crippen LogP contribution in [0.25, 0.3) is 0 Å². The molecule has 1 heterocycles. The van der Waals surface area contributed by atoms with Gasteiger partial charge in [0.05, 0.1) is 24.0 Å². The Morgan fingerprint density at radius 3 is 2.00 bits per heavy atom. The zero-order valence-electron chi connectivity index (χ0n) is 23.1. The molecule has 4 rings (SSSR count). The summed E-state index contributed by atoms with van der Waals surface area (Å²) in [6.45, 7) is 10.1. The van der Waals surface area contributed by atoms with Crippen molar-refractivity contribution in [3.05, 3.63) is 99.7 Å². The summed E-state index contributed by atoms with van der Waals surface area (Å²) in [5, 5.41) is 21.2. The van der Waals surface area contributed by atoms with E-state index >= 15 is 0 Å². The Morgan fingerprint density at radius 2 is 1.54 bits per heavy atom. The van der Waals surface area contributed by atoms with E-state index in [1.165, 1.54) is 17.7 Å². The molecular formula is C30H41ClFN3O4. The summed E-state index contributed by atoms with van der Waals surface area (Å²) < 4.78 is 17.2. The second-order valence-electron chi connectivity index (χ2n) is 8.18. The molecule has 1 fully saturated rings. The number of piperazine rings is 1. The van der Waals surface area contributed by atoms with Crippen molar-refractivity contribution in [1.82, 2.24) is 4.90 Å². The van der Waals surface area contributed by atoms with Gasteiger partial charge in [-0.15, -0.1) is 0 Å². The van der Waals surface area contributed by atoms with E-state index in [2.05, 4.69) is 17.0 Å². The monoisotopic (exact) mass is 561 g/mol. The highest BCUT2D eigenvalue weighted by atomic mass is 35.5. The summed E-state index contributed by atoms with van der Waals surface area (Å²) in [5.74, 6) is 0.485. The number of rotatable bonds is 8. The van der Waals surface area contributed by atoms with Crippen LogP contribution in [-0.2, 0) is 13.0 Å². The summed E-state index contributed by atoms with van der Waals surface area (Å²) >= 11 is 6.26. The lowest BCUT2D eigenvalue weighted by Crippen LogP contribution is -2.46. The largest absolute Gasteiger partial charge is 0.491 e. The molecule has 7 nitrogen and oxygen atoms in total. The lowest BCUT2D eigenvalue weighted by Gasteiger charge is -2.35. The first-order valence-corrected chi connectivity index (χ1v) is 13.6. The van der Waals surface area contributed by atoms with Gasteiger partial charge in [-0.05, 0) is 41.8 Å². The van der Waals surface area contributed by atoms with Gasteiger partial charge in [-0.2, -0.15) is 4.91 Å². The van der Waals surface area contributed by atoms with Crippen LogP contribution in [0.4, 0.5) is 10.1 Å². The third-order valence-corrected chi connectivity index (χ3v) is 5.91. The molecule has 0 amide bonds. The van der Waals surface area contributed by atoms with Crippen molar-refractivity contribution in [2.75, 3.05) is 51.0 Å². The first-order valence-electron chi connectivity index (χ1n) is 13.2. The number of aliphatic hydroxyl groups is 2. The third kappa shape index (κ3) is 13.5. The normalized spacial score (nSPS) is 12.5. The molecule has 0 aromatic heterocycles. The second-order valence-corrected chi connectivity index (χ2v) is 8.59. The zero-order valence-corrected chi connectivity index (χ0v) is 23.9. The Balaban J connectivity index is 0.000000320. The number of aliphatic hydroxyl groups excluding tert-OH is 2. The van der Waals surface area contributed by atoms with Crippen LogP contribution >= 0.6 is 11.6 Å². The van der Waals surface area contributed by atoms with Gasteiger partial charge in [0.25, 0.3) is 0 Å². The van der Waals surface area contributed by atoms with Crippen molar-refractivity contribution in [3.8, 4) is 5.75 Å².